The molecule has 0 radical (unpaired) electrons. The monoisotopic (exact) mass is 298 g/mol. The summed E-state index contributed by atoms with van der Waals surface area (Å²) in [5.74, 6) is -2.75. The van der Waals surface area contributed by atoms with Gasteiger partial charge in [-0.05, 0) is 13.8 Å². The molecule has 1 aromatic rings. The lowest BCUT2D eigenvalue weighted by atomic mass is 10.0. The fourth-order valence-electron chi connectivity index (χ4n) is 1.62. The topological polar surface area (TPSA) is 96.8 Å². The number of hydrogen-bond donors (Lipinski definition) is 0. The first-order chi connectivity index (χ1) is 10.1. The Morgan fingerprint density at radius 3 is 2.10 bits per heavy atom. The third-order valence-electron chi connectivity index (χ3n) is 2.49. The molecule has 1 aromatic heterocycles. The van der Waals surface area contributed by atoms with Crippen LogP contribution >= 0.6 is 0 Å². The van der Waals surface area contributed by atoms with E-state index in [1.807, 2.05) is 0 Å². The third-order valence-corrected chi connectivity index (χ3v) is 2.49. The van der Waals surface area contributed by atoms with Gasteiger partial charge in [-0.25, -0.2) is 4.98 Å². The molecule has 0 fully saturated rings. The quantitative estimate of drug-likeness (QED) is 0.536. The van der Waals surface area contributed by atoms with Crippen LogP contribution in [0.25, 0.3) is 0 Å². The van der Waals surface area contributed by atoms with Crippen molar-refractivity contribution in [2.75, 3.05) is 27.4 Å². The number of methoxy groups -OCH3 is 2. The van der Waals surface area contributed by atoms with Gasteiger partial charge in [0.15, 0.2) is 5.92 Å². The zero-order chi connectivity index (χ0) is 15.8. The summed E-state index contributed by atoms with van der Waals surface area (Å²) in [5.41, 5.74) is 0.162. The van der Waals surface area contributed by atoms with Gasteiger partial charge < -0.3 is 18.9 Å². The van der Waals surface area contributed by atoms with Crippen molar-refractivity contribution in [3.05, 3.63) is 11.8 Å². The van der Waals surface area contributed by atoms with Crippen LogP contribution in [0.15, 0.2) is 6.20 Å². The zero-order valence-corrected chi connectivity index (χ0v) is 12.4. The first kappa shape index (κ1) is 16.7. The lowest BCUT2D eigenvalue weighted by Crippen LogP contribution is -2.27. The molecular weight excluding hydrogens is 280 g/mol. The van der Waals surface area contributed by atoms with Crippen LogP contribution in [0.5, 0.6) is 11.9 Å². The van der Waals surface area contributed by atoms with Crippen LogP contribution in [0.1, 0.15) is 25.3 Å². The van der Waals surface area contributed by atoms with Crippen LogP contribution in [-0.4, -0.2) is 49.3 Å². The lowest BCUT2D eigenvalue weighted by molar-refractivity contribution is -0.157. The maximum absolute atomic E-state index is 12.0. The Balaban J connectivity index is 3.24. The van der Waals surface area contributed by atoms with Crippen LogP contribution in [0.2, 0.25) is 0 Å². The molecule has 8 nitrogen and oxygen atoms in total. The first-order valence-corrected chi connectivity index (χ1v) is 6.37. The van der Waals surface area contributed by atoms with Crippen molar-refractivity contribution in [3.8, 4) is 11.9 Å². The number of carbonyl (C=O) groups excluding carboxylic acids is 2. The molecule has 8 heteroatoms. The van der Waals surface area contributed by atoms with Gasteiger partial charge in [0.2, 0.25) is 5.88 Å². The Labute approximate surface area is 122 Å². The third kappa shape index (κ3) is 4.04. The van der Waals surface area contributed by atoms with Crippen molar-refractivity contribution in [2.45, 2.75) is 19.8 Å². The van der Waals surface area contributed by atoms with Gasteiger partial charge in [0.25, 0.3) is 0 Å². The van der Waals surface area contributed by atoms with Crippen molar-refractivity contribution in [3.63, 3.8) is 0 Å². The molecule has 0 aromatic carbocycles. The van der Waals surface area contributed by atoms with Gasteiger partial charge in [-0.2, -0.15) is 4.98 Å². The summed E-state index contributed by atoms with van der Waals surface area (Å²) >= 11 is 0. The molecule has 0 bridgehead atoms. The van der Waals surface area contributed by atoms with E-state index >= 15 is 0 Å². The molecular formula is C13H18N2O6. The molecule has 1 rings (SSSR count). The number of esters is 2. The van der Waals surface area contributed by atoms with Gasteiger partial charge in [-0.15, -0.1) is 0 Å². The summed E-state index contributed by atoms with van der Waals surface area (Å²) in [4.78, 5) is 31.9. The molecule has 0 aliphatic rings. The molecule has 0 saturated carbocycles. The normalized spacial score (nSPS) is 10.1. The summed E-state index contributed by atoms with van der Waals surface area (Å²) in [6, 6.07) is 0.0575. The van der Waals surface area contributed by atoms with E-state index in [4.69, 9.17) is 18.9 Å². The average Bonchev–Trinajstić information content (AvgIpc) is 2.48. The standard InChI is InChI=1S/C13H18N2O6/c1-5-20-11(16)9(12(17)21-6-2)8-7-14-13(19-4)15-10(8)18-3/h7,9H,5-6H2,1-4H3. The number of aromatic nitrogens is 2. The largest absolute Gasteiger partial charge is 0.481 e. The maximum Gasteiger partial charge on any atom is 0.325 e. The highest BCUT2D eigenvalue weighted by Gasteiger charge is 2.35. The number of hydrogen-bond acceptors (Lipinski definition) is 8. The van der Waals surface area contributed by atoms with E-state index in [1.54, 1.807) is 13.8 Å². The number of nitrogens with zero attached hydrogens (tertiary/aromatic N) is 2. The van der Waals surface area contributed by atoms with E-state index in [0.29, 0.717) is 0 Å². The molecule has 116 valence electrons. The fraction of sp³-hybridized carbons (Fsp3) is 0.538. The molecule has 0 amide bonds. The molecule has 0 atom stereocenters. The van der Waals surface area contributed by atoms with Crippen molar-refractivity contribution in [1.29, 1.82) is 0 Å². The van der Waals surface area contributed by atoms with Crippen molar-refractivity contribution >= 4 is 11.9 Å². The van der Waals surface area contributed by atoms with Gasteiger partial charge in [-0.1, -0.05) is 0 Å². The summed E-state index contributed by atoms with van der Waals surface area (Å²) < 4.78 is 19.8. The van der Waals surface area contributed by atoms with Crippen molar-refractivity contribution < 1.29 is 28.5 Å². The van der Waals surface area contributed by atoms with Gasteiger partial charge in [0.1, 0.15) is 0 Å². The number of carbonyl (C=O) groups is 2. The van der Waals surface area contributed by atoms with Gasteiger partial charge in [-0.3, -0.25) is 9.59 Å². The number of ether oxygens (including phenoxy) is 4. The minimum absolute atomic E-state index is 0.0490. The predicted molar refractivity (Wildman–Crippen MR) is 71.1 cm³/mol. The van der Waals surface area contributed by atoms with Crippen LogP contribution in [-0.2, 0) is 19.1 Å². The van der Waals surface area contributed by atoms with E-state index in [1.165, 1.54) is 20.4 Å². The maximum atomic E-state index is 12.0. The molecule has 0 N–H and O–H groups in total. The molecule has 0 aliphatic heterocycles. The molecule has 1 heterocycles. The Bertz CT molecular complexity index is 487. The summed E-state index contributed by atoms with van der Waals surface area (Å²) in [6.45, 7) is 3.55. The molecule has 0 aliphatic carbocycles. The highest BCUT2D eigenvalue weighted by Crippen LogP contribution is 2.28. The van der Waals surface area contributed by atoms with E-state index < -0.39 is 17.9 Å². The second-order valence-electron chi connectivity index (χ2n) is 3.76. The average molecular weight is 298 g/mol. The second-order valence-corrected chi connectivity index (χ2v) is 3.76. The molecule has 0 saturated heterocycles. The minimum Gasteiger partial charge on any atom is -0.481 e. The van der Waals surface area contributed by atoms with Crippen LogP contribution in [0.3, 0.4) is 0 Å². The fourth-order valence-corrected chi connectivity index (χ4v) is 1.62. The first-order valence-electron chi connectivity index (χ1n) is 6.37. The van der Waals surface area contributed by atoms with Crippen LogP contribution < -0.4 is 9.47 Å². The van der Waals surface area contributed by atoms with E-state index in [0.717, 1.165) is 0 Å². The summed E-state index contributed by atoms with van der Waals surface area (Å²) in [7, 11) is 2.75. The van der Waals surface area contributed by atoms with E-state index in [9.17, 15) is 9.59 Å². The Morgan fingerprint density at radius 2 is 1.67 bits per heavy atom. The highest BCUT2D eigenvalue weighted by atomic mass is 16.6. The van der Waals surface area contributed by atoms with E-state index in [2.05, 4.69) is 9.97 Å². The van der Waals surface area contributed by atoms with Gasteiger partial charge >= 0.3 is 17.9 Å². The van der Waals surface area contributed by atoms with Gasteiger partial charge in [0.05, 0.1) is 33.0 Å². The highest BCUT2D eigenvalue weighted by molar-refractivity contribution is 6.01. The zero-order valence-electron chi connectivity index (χ0n) is 12.4. The molecule has 0 spiro atoms. The van der Waals surface area contributed by atoms with Crippen molar-refractivity contribution in [2.24, 2.45) is 0 Å². The van der Waals surface area contributed by atoms with Crippen LogP contribution in [0.4, 0.5) is 0 Å². The Morgan fingerprint density at radius 1 is 1.10 bits per heavy atom. The Hall–Kier alpha value is -2.38. The predicted octanol–water partition coefficient (Wildman–Crippen LogP) is 0.704. The van der Waals surface area contributed by atoms with E-state index in [-0.39, 0.29) is 30.7 Å². The summed E-state index contributed by atoms with van der Waals surface area (Å²) in [6.07, 6.45) is 1.28. The Kier molecular flexibility index (Phi) is 6.38. The molecule has 21 heavy (non-hydrogen) atoms. The SMILES string of the molecule is CCOC(=O)C(C(=O)OCC)c1cnc(OC)nc1OC. The summed E-state index contributed by atoms with van der Waals surface area (Å²) in [5, 5.41) is 0. The van der Waals surface area contributed by atoms with Gasteiger partial charge in [0, 0.05) is 6.20 Å². The molecule has 0 unspecified atom stereocenters. The minimum atomic E-state index is -1.30. The second kappa shape index (κ2) is 8.03. The van der Waals surface area contributed by atoms with Crippen LogP contribution in [0, 0.1) is 0 Å². The lowest BCUT2D eigenvalue weighted by Gasteiger charge is -2.16. The smallest absolute Gasteiger partial charge is 0.325 e. The number of rotatable bonds is 7. The van der Waals surface area contributed by atoms with Crippen molar-refractivity contribution in [1.82, 2.24) is 9.97 Å².